The summed E-state index contributed by atoms with van der Waals surface area (Å²) in [6.45, 7) is 8.96. The molecule has 0 aromatic heterocycles. The lowest BCUT2D eigenvalue weighted by atomic mass is 9.96. The van der Waals surface area contributed by atoms with Crippen LogP contribution in [0.25, 0.3) is 0 Å². The third-order valence-electron chi connectivity index (χ3n) is 4.15. The molecule has 1 aliphatic carbocycles. The van der Waals surface area contributed by atoms with Crippen LogP contribution in [0.1, 0.15) is 52.4 Å². The third-order valence-corrected chi connectivity index (χ3v) is 4.15. The van der Waals surface area contributed by atoms with E-state index < -0.39 is 0 Å². The minimum absolute atomic E-state index is 0.359. The molecule has 0 aromatic rings. The van der Waals surface area contributed by atoms with E-state index in [9.17, 15) is 5.26 Å². The maximum atomic E-state index is 9.27. The minimum atomic E-state index is -0.359. The standard InChI is InChI=1S/C17H33N3O/c1-4-10-19-17(2,15-18)9-5-6-11-20(3)12-13-21-14-16-7-8-16/h16,19H,4-14H2,1-3H3. The Balaban J connectivity index is 1.99. The van der Waals surface area contributed by atoms with Gasteiger partial charge in [0.2, 0.25) is 0 Å². The Morgan fingerprint density at radius 1 is 1.33 bits per heavy atom. The Morgan fingerprint density at radius 2 is 2.10 bits per heavy atom. The molecule has 4 nitrogen and oxygen atoms in total. The van der Waals surface area contributed by atoms with Crippen molar-refractivity contribution in [3.05, 3.63) is 0 Å². The summed E-state index contributed by atoms with van der Waals surface area (Å²) in [5.41, 5.74) is -0.359. The Labute approximate surface area is 130 Å². The zero-order chi connectivity index (χ0) is 15.6. The molecule has 21 heavy (non-hydrogen) atoms. The predicted molar refractivity (Wildman–Crippen MR) is 87.2 cm³/mol. The van der Waals surface area contributed by atoms with E-state index in [1.54, 1.807) is 0 Å². The third kappa shape index (κ3) is 9.08. The van der Waals surface area contributed by atoms with Crippen LogP contribution < -0.4 is 5.32 Å². The first kappa shape index (κ1) is 18.4. The van der Waals surface area contributed by atoms with E-state index in [0.717, 1.165) is 64.4 Å². The lowest BCUT2D eigenvalue weighted by molar-refractivity contribution is 0.103. The van der Waals surface area contributed by atoms with Crippen molar-refractivity contribution in [3.63, 3.8) is 0 Å². The van der Waals surface area contributed by atoms with Gasteiger partial charge in [0.25, 0.3) is 0 Å². The number of hydrogen-bond donors (Lipinski definition) is 1. The highest BCUT2D eigenvalue weighted by Gasteiger charge is 2.22. The first-order chi connectivity index (χ1) is 10.1. The molecular formula is C17H33N3O. The quantitative estimate of drug-likeness (QED) is 0.531. The maximum absolute atomic E-state index is 9.27. The van der Waals surface area contributed by atoms with Crippen molar-refractivity contribution in [1.29, 1.82) is 5.26 Å². The highest BCUT2D eigenvalue weighted by molar-refractivity contribution is 5.03. The second-order valence-corrected chi connectivity index (χ2v) is 6.65. The van der Waals surface area contributed by atoms with Crippen molar-refractivity contribution >= 4 is 0 Å². The molecule has 0 spiro atoms. The molecule has 1 aliphatic rings. The average Bonchev–Trinajstić information content (AvgIpc) is 3.30. The molecule has 0 bridgehead atoms. The van der Waals surface area contributed by atoms with E-state index in [1.807, 2.05) is 6.92 Å². The number of hydrogen-bond acceptors (Lipinski definition) is 4. The summed E-state index contributed by atoms with van der Waals surface area (Å²) in [5.74, 6) is 0.856. The van der Waals surface area contributed by atoms with Gasteiger partial charge in [0.15, 0.2) is 0 Å². The van der Waals surface area contributed by atoms with Crippen molar-refractivity contribution in [2.45, 2.75) is 57.9 Å². The lowest BCUT2D eigenvalue weighted by Gasteiger charge is -2.23. The van der Waals surface area contributed by atoms with Gasteiger partial charge in [-0.25, -0.2) is 0 Å². The fourth-order valence-electron chi connectivity index (χ4n) is 2.31. The highest BCUT2D eigenvalue weighted by Crippen LogP contribution is 2.28. The molecule has 1 unspecified atom stereocenters. The molecule has 0 saturated heterocycles. The van der Waals surface area contributed by atoms with Gasteiger partial charge < -0.3 is 9.64 Å². The molecule has 1 atom stereocenters. The monoisotopic (exact) mass is 295 g/mol. The summed E-state index contributed by atoms with van der Waals surface area (Å²) in [6, 6.07) is 2.42. The van der Waals surface area contributed by atoms with Gasteiger partial charge in [-0.15, -0.1) is 0 Å². The molecule has 1 N–H and O–H groups in total. The average molecular weight is 295 g/mol. The number of ether oxygens (including phenoxy) is 1. The van der Waals surface area contributed by atoms with Crippen LogP contribution in [-0.4, -0.2) is 50.3 Å². The van der Waals surface area contributed by atoms with Gasteiger partial charge in [-0.2, -0.15) is 5.26 Å². The summed E-state index contributed by atoms with van der Waals surface area (Å²) < 4.78 is 5.66. The van der Waals surface area contributed by atoms with Crippen LogP contribution >= 0.6 is 0 Å². The molecule has 122 valence electrons. The van der Waals surface area contributed by atoms with Crippen LogP contribution in [0.2, 0.25) is 0 Å². The summed E-state index contributed by atoms with van der Waals surface area (Å²) in [5, 5.41) is 12.6. The number of nitrogens with zero attached hydrogens (tertiary/aromatic N) is 2. The van der Waals surface area contributed by atoms with Crippen LogP contribution in [0.4, 0.5) is 0 Å². The van der Waals surface area contributed by atoms with E-state index in [-0.39, 0.29) is 5.54 Å². The Morgan fingerprint density at radius 3 is 2.71 bits per heavy atom. The fraction of sp³-hybridized carbons (Fsp3) is 0.941. The van der Waals surface area contributed by atoms with Crippen molar-refractivity contribution in [3.8, 4) is 6.07 Å². The van der Waals surface area contributed by atoms with Gasteiger partial charge in [0, 0.05) is 13.2 Å². The largest absolute Gasteiger partial charge is 0.380 e. The van der Waals surface area contributed by atoms with Crippen LogP contribution in [-0.2, 0) is 4.74 Å². The van der Waals surface area contributed by atoms with Gasteiger partial charge in [0.05, 0.1) is 12.7 Å². The number of likely N-dealkylation sites (N-methyl/N-ethyl adjacent to an activating group) is 1. The van der Waals surface area contributed by atoms with Crippen LogP contribution in [0, 0.1) is 17.2 Å². The Bertz CT molecular complexity index is 312. The van der Waals surface area contributed by atoms with Crippen molar-refractivity contribution in [1.82, 2.24) is 10.2 Å². The van der Waals surface area contributed by atoms with Crippen molar-refractivity contribution in [2.24, 2.45) is 5.92 Å². The molecule has 1 fully saturated rings. The fourth-order valence-corrected chi connectivity index (χ4v) is 2.31. The van der Waals surface area contributed by atoms with Crippen molar-refractivity contribution < 1.29 is 4.74 Å². The second-order valence-electron chi connectivity index (χ2n) is 6.65. The smallest absolute Gasteiger partial charge is 0.103 e. The molecule has 0 aliphatic heterocycles. The number of nitrogens with one attached hydrogen (secondary N) is 1. The van der Waals surface area contributed by atoms with Crippen LogP contribution in [0.5, 0.6) is 0 Å². The minimum Gasteiger partial charge on any atom is -0.380 e. The topological polar surface area (TPSA) is 48.3 Å². The van der Waals surface area contributed by atoms with Gasteiger partial charge in [-0.05, 0) is 71.5 Å². The van der Waals surface area contributed by atoms with E-state index in [2.05, 4.69) is 30.3 Å². The molecular weight excluding hydrogens is 262 g/mol. The van der Waals surface area contributed by atoms with Gasteiger partial charge in [0.1, 0.15) is 5.54 Å². The normalized spacial score (nSPS) is 17.7. The van der Waals surface area contributed by atoms with Gasteiger partial charge in [-0.3, -0.25) is 5.32 Å². The van der Waals surface area contributed by atoms with Gasteiger partial charge in [-0.1, -0.05) is 6.92 Å². The molecule has 0 amide bonds. The summed E-state index contributed by atoms with van der Waals surface area (Å²) in [4.78, 5) is 2.33. The zero-order valence-electron chi connectivity index (χ0n) is 14.2. The molecule has 1 rings (SSSR count). The highest BCUT2D eigenvalue weighted by atomic mass is 16.5. The SMILES string of the molecule is CCCNC(C)(C#N)CCCCN(C)CCOCC1CC1. The van der Waals surface area contributed by atoms with Crippen LogP contribution in [0.15, 0.2) is 0 Å². The zero-order valence-corrected chi connectivity index (χ0v) is 14.2. The van der Waals surface area contributed by atoms with E-state index in [0.29, 0.717) is 0 Å². The van der Waals surface area contributed by atoms with E-state index in [1.165, 1.54) is 12.8 Å². The first-order valence-electron chi connectivity index (χ1n) is 8.52. The van der Waals surface area contributed by atoms with Crippen LogP contribution in [0.3, 0.4) is 0 Å². The second kappa shape index (κ2) is 10.2. The first-order valence-corrected chi connectivity index (χ1v) is 8.52. The number of unbranched alkanes of at least 4 members (excludes halogenated alkanes) is 1. The number of rotatable bonds is 13. The van der Waals surface area contributed by atoms with Crippen molar-refractivity contribution in [2.75, 3.05) is 39.9 Å². The molecule has 0 heterocycles. The Kier molecular flexibility index (Phi) is 8.91. The lowest BCUT2D eigenvalue weighted by Crippen LogP contribution is -2.41. The summed E-state index contributed by atoms with van der Waals surface area (Å²) in [6.07, 6.45) is 6.95. The Hall–Kier alpha value is -0.630. The summed E-state index contributed by atoms with van der Waals surface area (Å²) in [7, 11) is 2.15. The molecule has 1 saturated carbocycles. The summed E-state index contributed by atoms with van der Waals surface area (Å²) >= 11 is 0. The van der Waals surface area contributed by atoms with E-state index >= 15 is 0 Å². The predicted octanol–water partition coefficient (Wildman–Crippen LogP) is 2.80. The van der Waals surface area contributed by atoms with Gasteiger partial charge >= 0.3 is 0 Å². The number of nitriles is 1. The van der Waals surface area contributed by atoms with E-state index in [4.69, 9.17) is 4.74 Å². The maximum Gasteiger partial charge on any atom is 0.103 e. The molecule has 0 radical (unpaired) electrons. The molecule has 4 heteroatoms. The molecule has 0 aromatic carbocycles.